The first kappa shape index (κ1) is 18.2. The SMILES string of the molecule is O=C(/C=C/c1nc2ccccc2s1)OCC(=O)N1CCC[C@H]2CCCC[C@@H]21. The highest BCUT2D eigenvalue weighted by Gasteiger charge is 2.35. The minimum absolute atomic E-state index is 0.0617. The van der Waals surface area contributed by atoms with E-state index < -0.39 is 5.97 Å². The van der Waals surface area contributed by atoms with Gasteiger partial charge in [-0.25, -0.2) is 9.78 Å². The summed E-state index contributed by atoms with van der Waals surface area (Å²) in [5, 5.41) is 0.751. The van der Waals surface area contributed by atoms with Crippen LogP contribution in [0.3, 0.4) is 0 Å². The molecule has 2 atom stereocenters. The van der Waals surface area contributed by atoms with E-state index in [-0.39, 0.29) is 12.5 Å². The van der Waals surface area contributed by atoms with E-state index in [4.69, 9.17) is 4.74 Å². The molecular formula is C21H24N2O3S. The first-order valence-corrected chi connectivity index (χ1v) is 10.5. The van der Waals surface area contributed by atoms with Crippen molar-refractivity contribution in [2.24, 2.45) is 5.92 Å². The standard InChI is InChI=1S/C21H24N2O3S/c24-20(23-13-5-7-15-6-1-3-9-17(15)23)14-26-21(25)12-11-19-22-16-8-2-4-10-18(16)27-19/h2,4,8,10-12,15,17H,1,3,5-7,9,13-14H2/b12-11+/t15-,17+/m1/s1. The maximum absolute atomic E-state index is 12.6. The van der Waals surface area contributed by atoms with Crippen molar-refractivity contribution in [3.05, 3.63) is 35.3 Å². The van der Waals surface area contributed by atoms with Crippen LogP contribution < -0.4 is 0 Å². The number of carbonyl (C=O) groups excluding carboxylic acids is 2. The summed E-state index contributed by atoms with van der Waals surface area (Å²) >= 11 is 1.52. The molecule has 2 heterocycles. The molecule has 0 N–H and O–H groups in total. The number of hydrogen-bond donors (Lipinski definition) is 0. The van der Waals surface area contributed by atoms with E-state index in [1.165, 1.54) is 43.1 Å². The van der Waals surface area contributed by atoms with E-state index in [1.807, 2.05) is 29.2 Å². The molecule has 0 bridgehead atoms. The monoisotopic (exact) mass is 384 g/mol. The van der Waals surface area contributed by atoms with Gasteiger partial charge in [0.1, 0.15) is 5.01 Å². The third kappa shape index (κ3) is 4.21. The van der Waals surface area contributed by atoms with E-state index in [9.17, 15) is 9.59 Å². The molecule has 1 aliphatic carbocycles. The van der Waals surface area contributed by atoms with Gasteiger partial charge in [0.2, 0.25) is 0 Å². The number of thiazole rings is 1. The molecule has 1 saturated heterocycles. The molecular weight excluding hydrogens is 360 g/mol. The fourth-order valence-corrected chi connectivity index (χ4v) is 5.17. The molecule has 1 saturated carbocycles. The van der Waals surface area contributed by atoms with Crippen molar-refractivity contribution < 1.29 is 14.3 Å². The van der Waals surface area contributed by atoms with E-state index in [1.54, 1.807) is 6.08 Å². The van der Waals surface area contributed by atoms with Crippen LogP contribution in [0, 0.1) is 5.92 Å². The molecule has 1 aliphatic heterocycles. The van der Waals surface area contributed by atoms with Crippen LogP contribution in [0.15, 0.2) is 30.3 Å². The fourth-order valence-electron chi connectivity index (χ4n) is 4.30. The first-order valence-electron chi connectivity index (χ1n) is 9.70. The summed E-state index contributed by atoms with van der Waals surface area (Å²) in [7, 11) is 0. The van der Waals surface area contributed by atoms with Gasteiger partial charge in [0.05, 0.1) is 10.2 Å². The van der Waals surface area contributed by atoms with Crippen LogP contribution in [0.5, 0.6) is 0 Å². The van der Waals surface area contributed by atoms with E-state index in [0.29, 0.717) is 12.0 Å². The van der Waals surface area contributed by atoms with Crippen molar-refractivity contribution in [1.82, 2.24) is 9.88 Å². The molecule has 1 aromatic carbocycles. The number of nitrogens with zero attached hydrogens (tertiary/aromatic N) is 2. The lowest BCUT2D eigenvalue weighted by Gasteiger charge is -2.44. The Hall–Kier alpha value is -2.21. The lowest BCUT2D eigenvalue weighted by atomic mass is 9.78. The van der Waals surface area contributed by atoms with Crippen molar-refractivity contribution in [3.8, 4) is 0 Å². The summed E-state index contributed by atoms with van der Waals surface area (Å²) in [6.45, 7) is 0.616. The number of aromatic nitrogens is 1. The molecule has 4 rings (SSSR count). The van der Waals surface area contributed by atoms with Gasteiger partial charge >= 0.3 is 5.97 Å². The number of rotatable bonds is 4. The Kier molecular flexibility index (Phi) is 5.53. The summed E-state index contributed by atoms with van der Waals surface area (Å²) in [6.07, 6.45) is 10.0. The number of amides is 1. The van der Waals surface area contributed by atoms with Crippen LogP contribution in [-0.2, 0) is 14.3 Å². The molecule has 27 heavy (non-hydrogen) atoms. The molecule has 2 fully saturated rings. The average molecular weight is 385 g/mol. The van der Waals surface area contributed by atoms with Crippen LogP contribution in [0.1, 0.15) is 43.5 Å². The van der Waals surface area contributed by atoms with Gasteiger partial charge in [-0.05, 0) is 49.8 Å². The average Bonchev–Trinajstić information content (AvgIpc) is 3.13. The lowest BCUT2D eigenvalue weighted by Crippen LogP contribution is -2.50. The molecule has 1 aromatic heterocycles. The Bertz CT molecular complexity index is 825. The number of ether oxygens (including phenoxy) is 1. The molecule has 2 aromatic rings. The highest BCUT2D eigenvalue weighted by Crippen LogP contribution is 2.35. The van der Waals surface area contributed by atoms with Crippen molar-refractivity contribution in [2.45, 2.75) is 44.6 Å². The Balaban J connectivity index is 1.31. The van der Waals surface area contributed by atoms with Gasteiger partial charge in [-0.15, -0.1) is 11.3 Å². The maximum Gasteiger partial charge on any atom is 0.331 e. The quantitative estimate of drug-likeness (QED) is 0.590. The Morgan fingerprint density at radius 1 is 1.19 bits per heavy atom. The molecule has 0 spiro atoms. The normalized spacial score (nSPS) is 22.7. The second-order valence-electron chi connectivity index (χ2n) is 7.30. The van der Waals surface area contributed by atoms with Crippen molar-refractivity contribution in [3.63, 3.8) is 0 Å². The van der Waals surface area contributed by atoms with Gasteiger partial charge < -0.3 is 9.64 Å². The summed E-state index contributed by atoms with van der Waals surface area (Å²) < 4.78 is 6.27. The highest BCUT2D eigenvalue weighted by molar-refractivity contribution is 7.19. The number of hydrogen-bond acceptors (Lipinski definition) is 5. The number of para-hydroxylation sites is 1. The first-order chi connectivity index (χ1) is 13.2. The topological polar surface area (TPSA) is 59.5 Å². The summed E-state index contributed by atoms with van der Waals surface area (Å²) in [5.74, 6) is 0.0687. The number of carbonyl (C=O) groups is 2. The molecule has 6 heteroatoms. The number of esters is 1. The van der Waals surface area contributed by atoms with Gasteiger partial charge in [0.25, 0.3) is 5.91 Å². The lowest BCUT2D eigenvalue weighted by molar-refractivity contribution is -0.151. The Morgan fingerprint density at radius 3 is 2.89 bits per heavy atom. The zero-order valence-electron chi connectivity index (χ0n) is 15.3. The van der Waals surface area contributed by atoms with Crippen molar-refractivity contribution >= 4 is 39.5 Å². The molecule has 1 amide bonds. The minimum Gasteiger partial charge on any atom is -0.452 e. The zero-order valence-corrected chi connectivity index (χ0v) is 16.1. The predicted octanol–water partition coefficient (Wildman–Crippen LogP) is 4.03. The molecule has 0 unspecified atom stereocenters. The van der Waals surface area contributed by atoms with Crippen molar-refractivity contribution in [1.29, 1.82) is 0 Å². The number of benzene rings is 1. The second-order valence-corrected chi connectivity index (χ2v) is 8.36. The Morgan fingerprint density at radius 2 is 2.00 bits per heavy atom. The third-order valence-corrected chi connectivity index (χ3v) is 6.58. The van der Waals surface area contributed by atoms with Crippen molar-refractivity contribution in [2.75, 3.05) is 13.2 Å². The number of fused-ring (bicyclic) bond motifs is 2. The summed E-state index contributed by atoms with van der Waals surface area (Å²) in [6, 6.07) is 8.19. The molecule has 142 valence electrons. The van der Waals surface area contributed by atoms with Gasteiger partial charge in [-0.1, -0.05) is 25.0 Å². The highest BCUT2D eigenvalue weighted by atomic mass is 32.1. The smallest absolute Gasteiger partial charge is 0.331 e. The van der Waals surface area contributed by atoms with Crippen LogP contribution >= 0.6 is 11.3 Å². The Labute approximate surface area is 163 Å². The minimum atomic E-state index is -0.500. The number of likely N-dealkylation sites (tertiary alicyclic amines) is 1. The molecule has 2 aliphatic rings. The van der Waals surface area contributed by atoms with E-state index >= 15 is 0 Å². The van der Waals surface area contributed by atoms with Gasteiger partial charge in [0, 0.05) is 18.7 Å². The number of piperidine rings is 1. The van der Waals surface area contributed by atoms with E-state index in [0.717, 1.165) is 34.6 Å². The third-order valence-electron chi connectivity index (χ3n) is 5.57. The summed E-state index contributed by atoms with van der Waals surface area (Å²) in [4.78, 5) is 31.0. The largest absolute Gasteiger partial charge is 0.452 e. The second kappa shape index (κ2) is 8.21. The van der Waals surface area contributed by atoms with Gasteiger partial charge in [0.15, 0.2) is 6.61 Å². The van der Waals surface area contributed by atoms with Gasteiger partial charge in [-0.3, -0.25) is 4.79 Å². The van der Waals surface area contributed by atoms with E-state index in [2.05, 4.69) is 4.98 Å². The fraction of sp³-hybridized carbons (Fsp3) is 0.476. The summed E-state index contributed by atoms with van der Waals surface area (Å²) in [5.41, 5.74) is 0.915. The zero-order chi connectivity index (χ0) is 18.6. The molecule has 0 radical (unpaired) electrons. The van der Waals surface area contributed by atoms with Crippen LogP contribution in [0.2, 0.25) is 0 Å². The maximum atomic E-state index is 12.6. The van der Waals surface area contributed by atoms with Crippen LogP contribution in [0.25, 0.3) is 16.3 Å². The van der Waals surface area contributed by atoms with Gasteiger partial charge in [-0.2, -0.15) is 0 Å². The van der Waals surface area contributed by atoms with Crippen LogP contribution in [-0.4, -0.2) is 41.0 Å². The predicted molar refractivity (Wildman–Crippen MR) is 106 cm³/mol. The molecule has 5 nitrogen and oxygen atoms in total. The van der Waals surface area contributed by atoms with Crippen LogP contribution in [0.4, 0.5) is 0 Å².